The number of methoxy groups -OCH3 is 3. The van der Waals surface area contributed by atoms with Crippen LogP contribution in [0.15, 0.2) is 35.4 Å². The second-order valence-corrected chi connectivity index (χ2v) is 10.6. The Bertz CT molecular complexity index is 1180. The highest BCUT2D eigenvalue weighted by Gasteiger charge is 2.45. The van der Waals surface area contributed by atoms with E-state index in [0.29, 0.717) is 12.6 Å². The zero-order valence-corrected chi connectivity index (χ0v) is 22.2. The first-order chi connectivity index (χ1) is 17.0. The molecule has 0 bridgehead atoms. The van der Waals surface area contributed by atoms with E-state index in [4.69, 9.17) is 24.0 Å². The monoisotopic (exact) mass is 498 g/mol. The van der Waals surface area contributed by atoms with Crippen molar-refractivity contribution in [2.45, 2.75) is 36.9 Å². The summed E-state index contributed by atoms with van der Waals surface area (Å²) < 4.78 is 25.9. The van der Waals surface area contributed by atoms with Gasteiger partial charge < -0.3 is 18.9 Å². The van der Waals surface area contributed by atoms with Crippen LogP contribution in [-0.4, -0.2) is 70.0 Å². The molecule has 3 aromatic rings. The van der Waals surface area contributed by atoms with Crippen molar-refractivity contribution >= 4 is 23.0 Å². The van der Waals surface area contributed by atoms with Crippen LogP contribution in [0.25, 0.3) is 16.8 Å². The van der Waals surface area contributed by atoms with Crippen LogP contribution in [0.3, 0.4) is 0 Å². The lowest BCUT2D eigenvalue weighted by Crippen LogP contribution is -2.55. The van der Waals surface area contributed by atoms with Crippen LogP contribution >= 0.6 is 11.8 Å². The average molecular weight is 499 g/mol. The van der Waals surface area contributed by atoms with Gasteiger partial charge in [-0.3, -0.25) is 4.48 Å². The van der Waals surface area contributed by atoms with Crippen molar-refractivity contribution in [2.24, 2.45) is 5.92 Å². The lowest BCUT2D eigenvalue weighted by molar-refractivity contribution is 0.157. The van der Waals surface area contributed by atoms with Gasteiger partial charge in [-0.15, -0.1) is 11.8 Å². The van der Waals surface area contributed by atoms with Crippen LogP contribution in [0.4, 0.5) is 5.69 Å². The van der Waals surface area contributed by atoms with Gasteiger partial charge >= 0.3 is 0 Å². The zero-order valence-electron chi connectivity index (χ0n) is 21.4. The summed E-state index contributed by atoms with van der Waals surface area (Å²) in [7, 11) is 7.47. The number of benzene rings is 1. The number of rotatable bonds is 10. The van der Waals surface area contributed by atoms with E-state index in [1.807, 2.05) is 12.1 Å². The van der Waals surface area contributed by atoms with Gasteiger partial charge in [0.15, 0.2) is 10.7 Å². The van der Waals surface area contributed by atoms with Crippen molar-refractivity contribution in [3.05, 3.63) is 35.9 Å². The number of hydrogen-bond donors (Lipinski definition) is 0. The van der Waals surface area contributed by atoms with E-state index in [1.54, 1.807) is 33.1 Å². The van der Waals surface area contributed by atoms with Gasteiger partial charge in [0.05, 0.1) is 58.9 Å². The fourth-order valence-corrected chi connectivity index (χ4v) is 6.21. The Morgan fingerprint density at radius 2 is 1.86 bits per heavy atom. The van der Waals surface area contributed by atoms with E-state index < -0.39 is 0 Å². The molecule has 2 atom stereocenters. The van der Waals surface area contributed by atoms with Gasteiger partial charge in [-0.25, -0.2) is 4.52 Å². The topological polar surface area (TPSA) is 54.2 Å². The van der Waals surface area contributed by atoms with Crippen molar-refractivity contribution in [2.75, 3.05) is 54.4 Å². The lowest BCUT2D eigenvalue weighted by Gasteiger charge is -2.39. The Morgan fingerprint density at radius 3 is 2.43 bits per heavy atom. The quantitative estimate of drug-likeness (QED) is 0.289. The zero-order chi connectivity index (χ0) is 24.6. The van der Waals surface area contributed by atoms with Crippen LogP contribution in [0, 0.1) is 5.92 Å². The molecule has 1 aliphatic heterocycles. The summed E-state index contributed by atoms with van der Waals surface area (Å²) >= 11 is 1.72. The Labute approximate surface area is 211 Å². The smallest absolute Gasteiger partial charge is 0.193 e. The molecular weight excluding hydrogens is 462 g/mol. The van der Waals surface area contributed by atoms with Gasteiger partial charge in [0.25, 0.3) is 0 Å². The molecule has 1 aliphatic carbocycles. The fourth-order valence-electron chi connectivity index (χ4n) is 5.54. The highest BCUT2D eigenvalue weighted by atomic mass is 32.2. The number of likely N-dealkylation sites (N-methyl/N-ethyl adjacent to an activating group) is 1. The van der Waals surface area contributed by atoms with Gasteiger partial charge in [-0.2, -0.15) is 5.10 Å². The Kier molecular flexibility index (Phi) is 6.99. The van der Waals surface area contributed by atoms with Crippen molar-refractivity contribution in [1.29, 1.82) is 0 Å². The molecule has 2 fully saturated rings. The van der Waals surface area contributed by atoms with Crippen molar-refractivity contribution in [1.82, 2.24) is 14.1 Å². The van der Waals surface area contributed by atoms with Gasteiger partial charge in [0, 0.05) is 19.4 Å². The molecule has 7 nitrogen and oxygen atoms in total. The molecule has 2 aliphatic rings. The predicted octanol–water partition coefficient (Wildman–Crippen LogP) is 5.02. The normalized spacial score (nSPS) is 19.7. The minimum atomic E-state index is 0.440. The van der Waals surface area contributed by atoms with E-state index in [0.717, 1.165) is 75.4 Å². The molecule has 5 rings (SSSR count). The second-order valence-electron chi connectivity index (χ2n) is 9.79. The largest absolute Gasteiger partial charge is 0.496 e. The molecule has 0 radical (unpaired) electrons. The minimum Gasteiger partial charge on any atom is -0.496 e. The Morgan fingerprint density at radius 1 is 1.11 bits per heavy atom. The molecule has 1 aromatic carbocycles. The third-order valence-corrected chi connectivity index (χ3v) is 8.15. The summed E-state index contributed by atoms with van der Waals surface area (Å²) in [6.45, 7) is 3.26. The van der Waals surface area contributed by atoms with Gasteiger partial charge in [-0.1, -0.05) is 6.07 Å². The maximum Gasteiger partial charge on any atom is 0.193 e. The predicted molar refractivity (Wildman–Crippen MR) is 141 cm³/mol. The van der Waals surface area contributed by atoms with E-state index in [1.165, 1.54) is 18.5 Å². The maximum atomic E-state index is 5.88. The number of aromatic nitrogens is 2. The van der Waals surface area contributed by atoms with Crippen molar-refractivity contribution in [3.63, 3.8) is 0 Å². The number of pyridine rings is 1. The van der Waals surface area contributed by atoms with Crippen LogP contribution in [-0.2, 0) is 16.1 Å². The molecular formula is C27H36N3O4S+. The molecule has 1 saturated heterocycles. The fraction of sp³-hybridized carbons (Fsp3) is 0.519. The summed E-state index contributed by atoms with van der Waals surface area (Å²) in [5, 5.41) is 6.24. The third-order valence-electron chi connectivity index (χ3n) is 7.48. The summed E-state index contributed by atoms with van der Waals surface area (Å²) in [4.78, 5) is 0. The van der Waals surface area contributed by atoms with Crippen LogP contribution in [0.1, 0.15) is 24.8 Å². The highest BCUT2D eigenvalue weighted by molar-refractivity contribution is 7.98. The van der Waals surface area contributed by atoms with Crippen LogP contribution in [0.2, 0.25) is 0 Å². The van der Waals surface area contributed by atoms with Crippen molar-refractivity contribution in [3.8, 4) is 22.8 Å². The summed E-state index contributed by atoms with van der Waals surface area (Å²) in [5.74, 6) is 2.26. The van der Waals surface area contributed by atoms with Crippen LogP contribution in [0.5, 0.6) is 11.5 Å². The van der Waals surface area contributed by atoms with E-state index in [-0.39, 0.29) is 0 Å². The molecule has 0 N–H and O–H groups in total. The molecule has 2 aromatic heterocycles. The summed E-state index contributed by atoms with van der Waals surface area (Å²) in [6.07, 6.45) is 5.85. The molecule has 2 unspecified atom stereocenters. The average Bonchev–Trinajstić information content (AvgIpc) is 3.35. The van der Waals surface area contributed by atoms with E-state index in [2.05, 4.69) is 36.0 Å². The molecule has 35 heavy (non-hydrogen) atoms. The van der Waals surface area contributed by atoms with Crippen LogP contribution < -0.4 is 14.0 Å². The van der Waals surface area contributed by atoms with Gasteiger partial charge in [0.2, 0.25) is 0 Å². The molecule has 3 heterocycles. The first-order valence-electron chi connectivity index (χ1n) is 12.3. The molecule has 8 heteroatoms. The number of hydrogen-bond acceptors (Lipinski definition) is 6. The van der Waals surface area contributed by atoms with Gasteiger partial charge in [0.1, 0.15) is 23.1 Å². The minimum absolute atomic E-state index is 0.440. The standard InChI is InChI=1S/C27H36N3O4S/c1-30(15-18-9-10-18,20-11-12-34-17-20)26-22-8-6-7-21(29(22)28-27(26)35-5)25-23(32-3)13-19(16-31-2)14-24(25)33-4/h6-8,13-14,18,20H,9-12,15-17H2,1-5H3/q+1. The summed E-state index contributed by atoms with van der Waals surface area (Å²) in [5.41, 5.74) is 5.27. The van der Waals surface area contributed by atoms with E-state index >= 15 is 0 Å². The van der Waals surface area contributed by atoms with Crippen molar-refractivity contribution < 1.29 is 18.9 Å². The number of thioether (sulfide) groups is 1. The number of nitrogens with zero attached hydrogens (tertiary/aromatic N) is 3. The molecule has 0 spiro atoms. The highest BCUT2D eigenvalue weighted by Crippen LogP contribution is 2.46. The molecule has 188 valence electrons. The van der Waals surface area contributed by atoms with E-state index in [9.17, 15) is 0 Å². The third kappa shape index (κ3) is 4.42. The summed E-state index contributed by atoms with van der Waals surface area (Å²) in [6, 6.07) is 10.9. The number of quaternary nitrogens is 1. The SMILES string of the molecule is COCc1cc(OC)c(-c2cccc3c([N+](C)(CC4CC4)C4CCOC4)c(SC)nn23)c(OC)c1. The Hall–Kier alpha value is -2.26. The lowest BCUT2D eigenvalue weighted by atomic mass is 10.0. The first-order valence-corrected chi connectivity index (χ1v) is 13.5. The van der Waals surface area contributed by atoms with Gasteiger partial charge in [-0.05, 0) is 48.9 Å². The molecule has 1 saturated carbocycles. The number of fused-ring (bicyclic) bond motifs is 1. The molecule has 0 amide bonds. The second kappa shape index (κ2) is 10.0. The number of ether oxygens (including phenoxy) is 4. The maximum absolute atomic E-state index is 5.88. The first kappa shape index (κ1) is 24.4. The Balaban J connectivity index is 1.73.